The summed E-state index contributed by atoms with van der Waals surface area (Å²) >= 11 is 0. The molecule has 0 saturated carbocycles. The van der Waals surface area contributed by atoms with Gasteiger partial charge >= 0.3 is 6.09 Å². The molecule has 0 aliphatic carbocycles. The van der Waals surface area contributed by atoms with Gasteiger partial charge in [0.15, 0.2) is 0 Å². The standard InChI is InChI=1S/C27H36N2O3/c1-18(2)23(17-25(30)28-19(3)20-10-8-7-9-11-20)21-12-13-24-22(16-21)14-15-29(24)26(31)32-27(4,5)6/h7-13,16,18-19,23H,14-15,17H2,1-6H3,(H,28,30). The van der Waals surface area contributed by atoms with Crippen molar-refractivity contribution in [3.8, 4) is 0 Å². The molecule has 2 unspecified atom stereocenters. The zero-order valence-corrected chi connectivity index (χ0v) is 20.1. The van der Waals surface area contributed by atoms with Crippen molar-refractivity contribution in [2.45, 2.75) is 71.9 Å². The Morgan fingerprint density at radius 3 is 2.34 bits per heavy atom. The van der Waals surface area contributed by atoms with Gasteiger partial charge in [0.05, 0.1) is 11.7 Å². The number of nitrogens with one attached hydrogen (secondary N) is 1. The zero-order valence-electron chi connectivity index (χ0n) is 20.1. The van der Waals surface area contributed by atoms with Crippen molar-refractivity contribution in [1.82, 2.24) is 5.32 Å². The molecule has 32 heavy (non-hydrogen) atoms. The molecule has 3 rings (SSSR count). The number of amides is 2. The Labute approximate surface area is 192 Å². The number of nitrogens with zero attached hydrogens (tertiary/aromatic N) is 1. The van der Waals surface area contributed by atoms with Gasteiger partial charge in [-0.2, -0.15) is 0 Å². The molecule has 0 bridgehead atoms. The summed E-state index contributed by atoms with van der Waals surface area (Å²) in [5, 5.41) is 3.14. The van der Waals surface area contributed by atoms with E-state index >= 15 is 0 Å². The van der Waals surface area contributed by atoms with Crippen LogP contribution in [0.2, 0.25) is 0 Å². The Morgan fingerprint density at radius 1 is 1.03 bits per heavy atom. The molecule has 172 valence electrons. The van der Waals surface area contributed by atoms with Gasteiger partial charge < -0.3 is 10.1 Å². The highest BCUT2D eigenvalue weighted by Gasteiger charge is 2.30. The lowest BCUT2D eigenvalue weighted by molar-refractivity contribution is -0.122. The van der Waals surface area contributed by atoms with Crippen molar-refractivity contribution < 1.29 is 14.3 Å². The molecule has 0 aromatic heterocycles. The normalized spacial score (nSPS) is 15.3. The maximum atomic E-state index is 12.8. The summed E-state index contributed by atoms with van der Waals surface area (Å²) in [6.07, 6.45) is 0.923. The molecule has 2 aromatic carbocycles. The molecular weight excluding hydrogens is 400 g/mol. The maximum absolute atomic E-state index is 12.8. The fourth-order valence-electron chi connectivity index (χ4n) is 4.22. The first-order valence-electron chi connectivity index (χ1n) is 11.5. The lowest BCUT2D eigenvalue weighted by Crippen LogP contribution is -2.35. The zero-order chi connectivity index (χ0) is 23.5. The molecule has 0 saturated heterocycles. The Bertz CT molecular complexity index is 947. The molecule has 1 heterocycles. The molecule has 1 N–H and O–H groups in total. The highest BCUT2D eigenvalue weighted by Crippen LogP contribution is 2.35. The molecule has 0 spiro atoms. The predicted molar refractivity (Wildman–Crippen MR) is 129 cm³/mol. The van der Waals surface area contributed by atoms with E-state index < -0.39 is 5.60 Å². The minimum atomic E-state index is -0.521. The van der Waals surface area contributed by atoms with Crippen molar-refractivity contribution in [2.75, 3.05) is 11.4 Å². The van der Waals surface area contributed by atoms with Gasteiger partial charge in [0.2, 0.25) is 5.91 Å². The van der Waals surface area contributed by atoms with Gasteiger partial charge in [-0.15, -0.1) is 0 Å². The molecule has 2 amide bonds. The number of carbonyl (C=O) groups excluding carboxylic acids is 2. The average molecular weight is 437 g/mol. The monoisotopic (exact) mass is 436 g/mol. The van der Waals surface area contributed by atoms with E-state index in [9.17, 15) is 9.59 Å². The molecule has 1 aliphatic heterocycles. The van der Waals surface area contributed by atoms with E-state index in [0.29, 0.717) is 18.9 Å². The van der Waals surface area contributed by atoms with Crippen molar-refractivity contribution in [3.05, 3.63) is 65.2 Å². The molecule has 5 heteroatoms. The maximum Gasteiger partial charge on any atom is 0.414 e. The van der Waals surface area contributed by atoms with Gasteiger partial charge in [-0.25, -0.2) is 4.79 Å². The van der Waals surface area contributed by atoms with E-state index in [2.05, 4.69) is 31.3 Å². The third-order valence-electron chi connectivity index (χ3n) is 5.93. The minimum Gasteiger partial charge on any atom is -0.443 e. The minimum absolute atomic E-state index is 0.0288. The van der Waals surface area contributed by atoms with Crippen LogP contribution in [0.1, 0.15) is 76.6 Å². The molecule has 5 nitrogen and oxygen atoms in total. The van der Waals surface area contributed by atoms with Gasteiger partial charge in [0.1, 0.15) is 5.60 Å². The Hall–Kier alpha value is -2.82. The summed E-state index contributed by atoms with van der Waals surface area (Å²) in [7, 11) is 0. The summed E-state index contributed by atoms with van der Waals surface area (Å²) in [6, 6.07) is 16.2. The van der Waals surface area contributed by atoms with Gasteiger partial charge in [-0.05, 0) is 68.7 Å². The third-order valence-corrected chi connectivity index (χ3v) is 5.93. The van der Waals surface area contributed by atoms with Crippen LogP contribution in [0.5, 0.6) is 0 Å². The van der Waals surface area contributed by atoms with E-state index in [1.54, 1.807) is 4.90 Å². The summed E-state index contributed by atoms with van der Waals surface area (Å²) in [6.45, 7) is 12.6. The smallest absolute Gasteiger partial charge is 0.414 e. The first kappa shape index (κ1) is 23.8. The van der Waals surface area contributed by atoms with Crippen LogP contribution in [0.25, 0.3) is 0 Å². The topological polar surface area (TPSA) is 58.6 Å². The predicted octanol–water partition coefficient (Wildman–Crippen LogP) is 5.99. The van der Waals surface area contributed by atoms with Crippen LogP contribution in [0.4, 0.5) is 10.5 Å². The molecule has 0 radical (unpaired) electrons. The van der Waals surface area contributed by atoms with Crippen molar-refractivity contribution in [3.63, 3.8) is 0 Å². The number of ether oxygens (including phenoxy) is 1. The van der Waals surface area contributed by atoms with E-state index in [-0.39, 0.29) is 24.0 Å². The number of hydrogen-bond donors (Lipinski definition) is 1. The fraction of sp³-hybridized carbons (Fsp3) is 0.481. The van der Waals surface area contributed by atoms with Crippen LogP contribution in [-0.2, 0) is 16.0 Å². The number of anilines is 1. The quantitative estimate of drug-likeness (QED) is 0.605. The summed E-state index contributed by atoms with van der Waals surface area (Å²) in [4.78, 5) is 27.1. The second kappa shape index (κ2) is 9.76. The van der Waals surface area contributed by atoms with Gasteiger partial charge in [-0.3, -0.25) is 9.69 Å². The van der Waals surface area contributed by atoms with E-state index in [1.807, 2.05) is 64.1 Å². The average Bonchev–Trinajstić information content (AvgIpc) is 3.14. The first-order valence-corrected chi connectivity index (χ1v) is 11.5. The number of rotatable bonds is 6. The van der Waals surface area contributed by atoms with Crippen LogP contribution in [-0.4, -0.2) is 24.1 Å². The van der Waals surface area contributed by atoms with Crippen molar-refractivity contribution in [2.24, 2.45) is 5.92 Å². The van der Waals surface area contributed by atoms with Crippen LogP contribution < -0.4 is 10.2 Å². The molecule has 2 atom stereocenters. The Morgan fingerprint density at radius 2 is 1.72 bits per heavy atom. The Balaban J connectivity index is 1.71. The lowest BCUT2D eigenvalue weighted by Gasteiger charge is -2.25. The summed E-state index contributed by atoms with van der Waals surface area (Å²) < 4.78 is 5.55. The van der Waals surface area contributed by atoms with E-state index in [0.717, 1.165) is 28.8 Å². The number of carbonyl (C=O) groups is 2. The lowest BCUT2D eigenvalue weighted by atomic mass is 9.84. The highest BCUT2D eigenvalue weighted by atomic mass is 16.6. The molecule has 0 fully saturated rings. The third kappa shape index (κ3) is 5.90. The number of benzene rings is 2. The summed E-state index contributed by atoms with van der Waals surface area (Å²) in [5.74, 6) is 0.476. The number of hydrogen-bond acceptors (Lipinski definition) is 3. The second-order valence-corrected chi connectivity index (χ2v) is 10.0. The van der Waals surface area contributed by atoms with E-state index in [4.69, 9.17) is 4.74 Å². The van der Waals surface area contributed by atoms with Crippen LogP contribution in [0.3, 0.4) is 0 Å². The van der Waals surface area contributed by atoms with Crippen LogP contribution >= 0.6 is 0 Å². The number of fused-ring (bicyclic) bond motifs is 1. The van der Waals surface area contributed by atoms with Crippen molar-refractivity contribution >= 4 is 17.7 Å². The Kier molecular flexibility index (Phi) is 7.27. The SMILES string of the molecule is CC(NC(=O)CC(c1ccc2c(c1)CCN2C(=O)OC(C)(C)C)C(C)C)c1ccccc1. The molecule has 2 aromatic rings. The summed E-state index contributed by atoms with van der Waals surface area (Å²) in [5.41, 5.74) is 3.77. The highest BCUT2D eigenvalue weighted by molar-refractivity contribution is 5.90. The first-order chi connectivity index (χ1) is 15.0. The van der Waals surface area contributed by atoms with Gasteiger partial charge in [0.25, 0.3) is 0 Å². The van der Waals surface area contributed by atoms with Crippen LogP contribution in [0, 0.1) is 5.92 Å². The van der Waals surface area contributed by atoms with Crippen molar-refractivity contribution in [1.29, 1.82) is 0 Å². The van der Waals surface area contributed by atoms with Crippen LogP contribution in [0.15, 0.2) is 48.5 Å². The molecular formula is C27H36N2O3. The molecule has 1 aliphatic rings. The largest absolute Gasteiger partial charge is 0.443 e. The fourth-order valence-corrected chi connectivity index (χ4v) is 4.22. The van der Waals surface area contributed by atoms with E-state index in [1.165, 1.54) is 0 Å². The van der Waals surface area contributed by atoms with Gasteiger partial charge in [0, 0.05) is 13.0 Å². The van der Waals surface area contributed by atoms with Gasteiger partial charge in [-0.1, -0.05) is 56.3 Å². The second-order valence-electron chi connectivity index (χ2n) is 10.0.